The molecule has 1 fully saturated rings. The molecular formula is C17H24Cl2N4O. The van der Waals surface area contributed by atoms with Gasteiger partial charge in [0.25, 0.3) is 0 Å². The topological polar surface area (TPSA) is 59.0 Å². The van der Waals surface area contributed by atoms with Gasteiger partial charge < -0.3 is 15.2 Å². The molecule has 2 heterocycles. The standard InChI is InChI=1S/C17H22N4O.2ClH/c22-17(15-6-8-18-12-15)20-13-16-19-9-11-21(16)10-7-14-4-2-1-3-5-14;;/h1-5,9,11,15,18H,6-8,10,12-13H2,(H,20,22);2*1H. The Labute approximate surface area is 155 Å². The fraction of sp³-hybridized carbons (Fsp3) is 0.412. The van der Waals surface area contributed by atoms with Crippen LogP contribution >= 0.6 is 24.8 Å². The third kappa shape index (κ3) is 5.51. The molecule has 0 saturated carbocycles. The molecule has 1 aliphatic heterocycles. The van der Waals surface area contributed by atoms with Crippen molar-refractivity contribution in [2.24, 2.45) is 5.92 Å². The summed E-state index contributed by atoms with van der Waals surface area (Å²) in [5, 5.41) is 6.22. The minimum absolute atomic E-state index is 0. The van der Waals surface area contributed by atoms with Crippen molar-refractivity contribution in [3.05, 3.63) is 54.1 Å². The van der Waals surface area contributed by atoms with Crippen molar-refractivity contribution in [2.75, 3.05) is 13.1 Å². The molecule has 24 heavy (non-hydrogen) atoms. The van der Waals surface area contributed by atoms with Crippen LogP contribution in [-0.4, -0.2) is 28.5 Å². The van der Waals surface area contributed by atoms with Gasteiger partial charge in [-0.1, -0.05) is 30.3 Å². The second-order valence-electron chi connectivity index (χ2n) is 5.68. The summed E-state index contributed by atoms with van der Waals surface area (Å²) in [5.41, 5.74) is 1.31. The van der Waals surface area contributed by atoms with E-state index >= 15 is 0 Å². The van der Waals surface area contributed by atoms with E-state index in [0.717, 1.165) is 38.3 Å². The highest BCUT2D eigenvalue weighted by atomic mass is 35.5. The van der Waals surface area contributed by atoms with Crippen molar-refractivity contribution in [1.82, 2.24) is 20.2 Å². The number of hydrogen-bond donors (Lipinski definition) is 2. The van der Waals surface area contributed by atoms with Crippen LogP contribution in [0.1, 0.15) is 17.8 Å². The first kappa shape index (κ1) is 20.5. The SMILES string of the molecule is Cl.Cl.O=C(NCc1nccn1CCc1ccccc1)C1CCNC1. The second-order valence-corrected chi connectivity index (χ2v) is 5.68. The van der Waals surface area contributed by atoms with Gasteiger partial charge in [-0.05, 0) is 24.9 Å². The number of carbonyl (C=O) groups excluding carboxylic acids is 1. The van der Waals surface area contributed by atoms with Crippen LogP contribution in [0.5, 0.6) is 0 Å². The first-order chi connectivity index (χ1) is 10.8. The van der Waals surface area contributed by atoms with Crippen molar-refractivity contribution < 1.29 is 4.79 Å². The van der Waals surface area contributed by atoms with Crippen molar-refractivity contribution in [3.8, 4) is 0 Å². The van der Waals surface area contributed by atoms with Crippen LogP contribution in [-0.2, 0) is 24.3 Å². The van der Waals surface area contributed by atoms with Crippen LogP contribution in [0.15, 0.2) is 42.7 Å². The Morgan fingerprint density at radius 1 is 1.29 bits per heavy atom. The lowest BCUT2D eigenvalue weighted by atomic mass is 10.1. The van der Waals surface area contributed by atoms with Crippen molar-refractivity contribution >= 4 is 30.7 Å². The minimum Gasteiger partial charge on any atom is -0.349 e. The number of benzene rings is 1. The zero-order valence-corrected chi connectivity index (χ0v) is 15.1. The van der Waals surface area contributed by atoms with Gasteiger partial charge in [0.2, 0.25) is 5.91 Å². The van der Waals surface area contributed by atoms with Crippen LogP contribution in [0.4, 0.5) is 0 Å². The lowest BCUT2D eigenvalue weighted by molar-refractivity contribution is -0.124. The van der Waals surface area contributed by atoms with E-state index in [1.54, 1.807) is 6.20 Å². The molecule has 1 unspecified atom stereocenters. The molecule has 0 aliphatic carbocycles. The summed E-state index contributed by atoms with van der Waals surface area (Å²) in [6.07, 6.45) is 5.66. The third-order valence-corrected chi connectivity index (χ3v) is 4.14. The number of amides is 1. The van der Waals surface area contributed by atoms with Crippen LogP contribution < -0.4 is 10.6 Å². The van der Waals surface area contributed by atoms with E-state index < -0.39 is 0 Å². The number of imidazole rings is 1. The van der Waals surface area contributed by atoms with E-state index in [1.807, 2.05) is 12.3 Å². The summed E-state index contributed by atoms with van der Waals surface area (Å²) in [6, 6.07) is 10.4. The Morgan fingerprint density at radius 2 is 2.08 bits per heavy atom. The third-order valence-electron chi connectivity index (χ3n) is 4.14. The van der Waals surface area contributed by atoms with Crippen molar-refractivity contribution in [2.45, 2.75) is 25.9 Å². The first-order valence-electron chi connectivity index (χ1n) is 7.85. The van der Waals surface area contributed by atoms with Gasteiger partial charge in [0, 0.05) is 25.5 Å². The molecule has 7 heteroatoms. The Morgan fingerprint density at radius 3 is 2.79 bits per heavy atom. The number of nitrogens with one attached hydrogen (secondary N) is 2. The fourth-order valence-corrected chi connectivity index (χ4v) is 2.79. The summed E-state index contributed by atoms with van der Waals surface area (Å²) in [7, 11) is 0. The molecule has 0 spiro atoms. The smallest absolute Gasteiger partial charge is 0.224 e. The largest absolute Gasteiger partial charge is 0.349 e. The molecular weight excluding hydrogens is 347 g/mol. The number of hydrogen-bond acceptors (Lipinski definition) is 3. The van der Waals surface area contributed by atoms with E-state index in [4.69, 9.17) is 0 Å². The molecule has 3 rings (SSSR count). The molecule has 1 aromatic heterocycles. The molecule has 5 nitrogen and oxygen atoms in total. The number of aromatic nitrogens is 2. The zero-order chi connectivity index (χ0) is 15.2. The minimum atomic E-state index is 0. The van der Waals surface area contributed by atoms with Crippen molar-refractivity contribution in [3.63, 3.8) is 0 Å². The second kappa shape index (κ2) is 10.3. The summed E-state index contributed by atoms with van der Waals surface area (Å²) < 4.78 is 2.11. The average Bonchev–Trinajstić information content (AvgIpc) is 3.23. The molecule has 1 atom stereocenters. The number of aryl methyl sites for hydroxylation is 2. The van der Waals surface area contributed by atoms with Gasteiger partial charge in [-0.15, -0.1) is 24.8 Å². The molecule has 0 bridgehead atoms. The predicted molar refractivity (Wildman–Crippen MR) is 99.7 cm³/mol. The molecule has 2 aromatic rings. The lowest BCUT2D eigenvalue weighted by Gasteiger charge is -2.11. The van der Waals surface area contributed by atoms with Crippen molar-refractivity contribution in [1.29, 1.82) is 0 Å². The summed E-state index contributed by atoms with van der Waals surface area (Å²) in [5.74, 6) is 1.14. The van der Waals surface area contributed by atoms with Gasteiger partial charge in [-0.2, -0.15) is 0 Å². The Balaban J connectivity index is 0.00000144. The maximum atomic E-state index is 12.0. The van der Waals surface area contributed by atoms with Gasteiger partial charge >= 0.3 is 0 Å². The normalized spacial score (nSPS) is 16.1. The molecule has 1 aliphatic rings. The highest BCUT2D eigenvalue weighted by Gasteiger charge is 2.22. The van der Waals surface area contributed by atoms with E-state index in [1.165, 1.54) is 5.56 Å². The molecule has 1 saturated heterocycles. The van der Waals surface area contributed by atoms with Gasteiger partial charge in [0.05, 0.1) is 12.5 Å². The molecule has 2 N–H and O–H groups in total. The Kier molecular flexibility index (Phi) is 8.82. The Hall–Kier alpha value is -1.56. The Bertz CT molecular complexity index is 612. The number of nitrogens with zero attached hydrogens (tertiary/aromatic N) is 2. The van der Waals surface area contributed by atoms with Gasteiger partial charge in [-0.3, -0.25) is 4.79 Å². The summed E-state index contributed by atoms with van der Waals surface area (Å²) >= 11 is 0. The van der Waals surface area contributed by atoms with E-state index in [-0.39, 0.29) is 36.6 Å². The first-order valence-corrected chi connectivity index (χ1v) is 7.85. The zero-order valence-electron chi connectivity index (χ0n) is 13.5. The highest BCUT2D eigenvalue weighted by molar-refractivity contribution is 5.85. The van der Waals surface area contributed by atoms with Crippen LogP contribution in [0.3, 0.4) is 0 Å². The molecule has 1 aromatic carbocycles. The van der Waals surface area contributed by atoms with Gasteiger partial charge in [0.1, 0.15) is 5.82 Å². The average molecular weight is 371 g/mol. The highest BCUT2D eigenvalue weighted by Crippen LogP contribution is 2.08. The number of carbonyl (C=O) groups is 1. The maximum Gasteiger partial charge on any atom is 0.224 e. The fourth-order valence-electron chi connectivity index (χ4n) is 2.79. The van der Waals surface area contributed by atoms with E-state index in [0.29, 0.717) is 6.54 Å². The maximum absolute atomic E-state index is 12.0. The van der Waals surface area contributed by atoms with Gasteiger partial charge in [-0.25, -0.2) is 4.98 Å². The van der Waals surface area contributed by atoms with Gasteiger partial charge in [0.15, 0.2) is 0 Å². The van der Waals surface area contributed by atoms with Crippen LogP contribution in [0, 0.1) is 5.92 Å². The number of halogens is 2. The predicted octanol–water partition coefficient (Wildman–Crippen LogP) is 2.20. The van der Waals surface area contributed by atoms with E-state index in [9.17, 15) is 4.79 Å². The quantitative estimate of drug-likeness (QED) is 0.819. The van der Waals surface area contributed by atoms with Crippen LogP contribution in [0.25, 0.3) is 0 Å². The van der Waals surface area contributed by atoms with Crippen LogP contribution in [0.2, 0.25) is 0 Å². The molecule has 0 radical (unpaired) electrons. The monoisotopic (exact) mass is 370 g/mol. The lowest BCUT2D eigenvalue weighted by Crippen LogP contribution is -2.32. The van der Waals surface area contributed by atoms with E-state index in [2.05, 4.69) is 44.5 Å². The summed E-state index contributed by atoms with van der Waals surface area (Å²) in [4.78, 5) is 16.4. The molecule has 132 valence electrons. The molecule has 1 amide bonds. The summed E-state index contributed by atoms with van der Waals surface area (Å²) in [6.45, 7) is 3.09. The number of rotatable bonds is 6.